The van der Waals surface area contributed by atoms with E-state index in [1.807, 2.05) is 13.8 Å². The molecule has 124 valence electrons. The first kappa shape index (κ1) is 18.7. The van der Waals surface area contributed by atoms with Gasteiger partial charge in [0.15, 0.2) is 0 Å². The third kappa shape index (κ3) is 4.86. The molecule has 2 unspecified atom stereocenters. The molecule has 1 aromatic rings. The smallest absolute Gasteiger partial charge is 0.241 e. The predicted molar refractivity (Wildman–Crippen MR) is 85.7 cm³/mol. The van der Waals surface area contributed by atoms with Gasteiger partial charge < -0.3 is 10.1 Å². The zero-order valence-corrected chi connectivity index (χ0v) is 14.6. The Hall–Kier alpha value is -1.31. The molecule has 0 aliphatic carbocycles. The number of hydrogen-bond donors (Lipinski definition) is 2. The van der Waals surface area contributed by atoms with Crippen molar-refractivity contribution >= 4 is 27.5 Å². The highest BCUT2D eigenvalue weighted by Crippen LogP contribution is 2.26. The predicted octanol–water partition coefficient (Wildman–Crippen LogP) is 1.93. The third-order valence-electron chi connectivity index (χ3n) is 3.16. The van der Waals surface area contributed by atoms with E-state index in [0.717, 1.165) is 6.42 Å². The summed E-state index contributed by atoms with van der Waals surface area (Å²) in [6.07, 6.45) is 0.763. The van der Waals surface area contributed by atoms with Crippen LogP contribution in [0, 0.1) is 0 Å². The summed E-state index contributed by atoms with van der Waals surface area (Å²) >= 11 is 5.93. The summed E-state index contributed by atoms with van der Waals surface area (Å²) in [6.45, 7) is 5.27. The zero-order chi connectivity index (χ0) is 16.9. The largest absolute Gasteiger partial charge is 0.495 e. The number of carbonyl (C=O) groups excluding carboxylic acids is 1. The van der Waals surface area contributed by atoms with Gasteiger partial charge in [-0.25, -0.2) is 8.42 Å². The Balaban J connectivity index is 2.87. The van der Waals surface area contributed by atoms with Gasteiger partial charge in [0, 0.05) is 6.04 Å². The number of hydrogen-bond acceptors (Lipinski definition) is 4. The van der Waals surface area contributed by atoms with Gasteiger partial charge in [-0.15, -0.1) is 0 Å². The van der Waals surface area contributed by atoms with Crippen LogP contribution in [0.1, 0.15) is 27.2 Å². The van der Waals surface area contributed by atoms with Crippen molar-refractivity contribution in [1.82, 2.24) is 10.0 Å². The maximum atomic E-state index is 12.3. The van der Waals surface area contributed by atoms with E-state index < -0.39 is 16.1 Å². The fraction of sp³-hybridized carbons (Fsp3) is 0.500. The van der Waals surface area contributed by atoms with Gasteiger partial charge in [-0.2, -0.15) is 4.72 Å². The van der Waals surface area contributed by atoms with E-state index in [1.54, 1.807) is 0 Å². The Morgan fingerprint density at radius 2 is 2.00 bits per heavy atom. The Morgan fingerprint density at radius 1 is 1.36 bits per heavy atom. The highest BCUT2D eigenvalue weighted by atomic mass is 35.5. The van der Waals surface area contributed by atoms with E-state index in [-0.39, 0.29) is 21.9 Å². The molecule has 0 aromatic heterocycles. The summed E-state index contributed by atoms with van der Waals surface area (Å²) in [4.78, 5) is 11.9. The van der Waals surface area contributed by atoms with E-state index in [4.69, 9.17) is 16.3 Å². The molecule has 0 aliphatic heterocycles. The van der Waals surface area contributed by atoms with Crippen LogP contribution in [0.5, 0.6) is 5.75 Å². The summed E-state index contributed by atoms with van der Waals surface area (Å²) in [5.74, 6) is 0.000660. The second kappa shape index (κ2) is 7.80. The molecular formula is C14H21ClN2O4S. The minimum Gasteiger partial charge on any atom is -0.495 e. The zero-order valence-electron chi connectivity index (χ0n) is 13.0. The SMILES string of the molecule is CCC(C)NC(=O)C(C)NS(=O)(=O)c1ccc(OC)c(Cl)c1. The van der Waals surface area contributed by atoms with Crippen LogP contribution in [0.25, 0.3) is 0 Å². The standard InChI is InChI=1S/C14H21ClN2O4S/c1-5-9(2)16-14(18)10(3)17-22(19,20)11-6-7-13(21-4)12(15)8-11/h6-10,17H,5H2,1-4H3,(H,16,18). The van der Waals surface area contributed by atoms with Crippen molar-refractivity contribution in [1.29, 1.82) is 0 Å². The van der Waals surface area contributed by atoms with Crippen LogP contribution in [0.4, 0.5) is 0 Å². The van der Waals surface area contributed by atoms with Crippen LogP contribution < -0.4 is 14.8 Å². The Bertz CT molecular complexity index is 634. The lowest BCUT2D eigenvalue weighted by Crippen LogP contribution is -2.47. The van der Waals surface area contributed by atoms with E-state index in [1.165, 1.54) is 32.2 Å². The molecule has 0 saturated carbocycles. The van der Waals surface area contributed by atoms with Gasteiger partial charge in [-0.05, 0) is 38.5 Å². The molecule has 0 heterocycles. The monoisotopic (exact) mass is 348 g/mol. The third-order valence-corrected chi connectivity index (χ3v) is 4.99. The first-order chi connectivity index (χ1) is 10.2. The number of methoxy groups -OCH3 is 1. The van der Waals surface area contributed by atoms with Crippen molar-refractivity contribution in [3.8, 4) is 5.75 Å². The minimum absolute atomic E-state index is 0.0186. The molecule has 0 spiro atoms. The normalized spacial score (nSPS) is 14.2. The van der Waals surface area contributed by atoms with E-state index in [2.05, 4.69) is 10.0 Å². The second-order valence-corrected chi connectivity index (χ2v) is 7.08. The van der Waals surface area contributed by atoms with Crippen molar-refractivity contribution in [3.05, 3.63) is 23.2 Å². The number of sulfonamides is 1. The van der Waals surface area contributed by atoms with Crippen LogP contribution in [-0.4, -0.2) is 33.5 Å². The molecule has 0 bridgehead atoms. The number of rotatable bonds is 7. The van der Waals surface area contributed by atoms with Gasteiger partial charge in [0.2, 0.25) is 15.9 Å². The van der Waals surface area contributed by atoms with Crippen molar-refractivity contribution in [3.63, 3.8) is 0 Å². The van der Waals surface area contributed by atoms with Crippen molar-refractivity contribution in [2.75, 3.05) is 7.11 Å². The van der Waals surface area contributed by atoms with Gasteiger partial charge in [0.25, 0.3) is 0 Å². The molecule has 1 amide bonds. The van der Waals surface area contributed by atoms with Gasteiger partial charge in [0.05, 0.1) is 23.1 Å². The average molecular weight is 349 g/mol. The van der Waals surface area contributed by atoms with Crippen LogP contribution in [0.2, 0.25) is 5.02 Å². The van der Waals surface area contributed by atoms with Gasteiger partial charge in [-0.3, -0.25) is 4.79 Å². The second-order valence-electron chi connectivity index (χ2n) is 4.96. The first-order valence-electron chi connectivity index (χ1n) is 6.87. The molecule has 2 atom stereocenters. The van der Waals surface area contributed by atoms with Crippen LogP contribution in [0.3, 0.4) is 0 Å². The van der Waals surface area contributed by atoms with E-state index in [9.17, 15) is 13.2 Å². The van der Waals surface area contributed by atoms with Crippen molar-refractivity contribution in [2.24, 2.45) is 0 Å². The molecular weight excluding hydrogens is 328 g/mol. The number of halogens is 1. The highest BCUT2D eigenvalue weighted by molar-refractivity contribution is 7.89. The quantitative estimate of drug-likeness (QED) is 0.788. The van der Waals surface area contributed by atoms with Crippen LogP contribution >= 0.6 is 11.6 Å². The highest BCUT2D eigenvalue weighted by Gasteiger charge is 2.23. The molecule has 2 N–H and O–H groups in total. The number of carbonyl (C=O) groups is 1. The molecule has 1 rings (SSSR count). The van der Waals surface area contributed by atoms with E-state index >= 15 is 0 Å². The first-order valence-corrected chi connectivity index (χ1v) is 8.73. The molecule has 0 fully saturated rings. The molecule has 6 nitrogen and oxygen atoms in total. The lowest BCUT2D eigenvalue weighted by atomic mass is 10.2. The summed E-state index contributed by atoms with van der Waals surface area (Å²) < 4.78 is 31.8. The molecule has 0 saturated heterocycles. The topological polar surface area (TPSA) is 84.5 Å². The maximum Gasteiger partial charge on any atom is 0.241 e. The molecule has 8 heteroatoms. The lowest BCUT2D eigenvalue weighted by molar-refractivity contribution is -0.122. The summed E-state index contributed by atoms with van der Waals surface area (Å²) in [5.41, 5.74) is 0. The van der Waals surface area contributed by atoms with Gasteiger partial charge >= 0.3 is 0 Å². The maximum absolute atomic E-state index is 12.3. The summed E-state index contributed by atoms with van der Waals surface area (Å²) in [7, 11) is -2.41. The van der Waals surface area contributed by atoms with Gasteiger partial charge in [-0.1, -0.05) is 18.5 Å². The Morgan fingerprint density at radius 3 is 2.50 bits per heavy atom. The van der Waals surface area contributed by atoms with Gasteiger partial charge in [0.1, 0.15) is 5.75 Å². The summed E-state index contributed by atoms with van der Waals surface area (Å²) in [6, 6.07) is 3.20. The van der Waals surface area contributed by atoms with Crippen LogP contribution in [-0.2, 0) is 14.8 Å². The number of amides is 1. The lowest BCUT2D eigenvalue weighted by Gasteiger charge is -2.17. The molecule has 22 heavy (non-hydrogen) atoms. The Kier molecular flexibility index (Phi) is 6.65. The Labute approximate surface area is 136 Å². The van der Waals surface area contributed by atoms with Crippen molar-refractivity contribution in [2.45, 2.75) is 44.2 Å². The average Bonchev–Trinajstić information content (AvgIpc) is 2.46. The molecule has 0 aliphatic rings. The summed E-state index contributed by atoms with van der Waals surface area (Å²) in [5, 5.41) is 2.90. The molecule has 1 aromatic carbocycles. The minimum atomic E-state index is -3.85. The number of ether oxygens (including phenoxy) is 1. The number of nitrogens with one attached hydrogen (secondary N) is 2. The fourth-order valence-corrected chi connectivity index (χ4v) is 3.19. The van der Waals surface area contributed by atoms with E-state index in [0.29, 0.717) is 5.75 Å². The van der Waals surface area contributed by atoms with Crippen molar-refractivity contribution < 1.29 is 17.9 Å². The molecule has 0 radical (unpaired) electrons. The van der Waals surface area contributed by atoms with Crippen LogP contribution in [0.15, 0.2) is 23.1 Å². The fourth-order valence-electron chi connectivity index (χ4n) is 1.64. The number of benzene rings is 1.